The maximum Gasteiger partial charge on any atom is 0.406 e. The van der Waals surface area contributed by atoms with Crippen LogP contribution in [-0.2, 0) is 4.79 Å². The van der Waals surface area contributed by atoms with Crippen molar-refractivity contribution in [3.8, 4) is 23.0 Å². The fraction of sp³-hybridized carbons (Fsp3) is 0.250. The van der Waals surface area contributed by atoms with Crippen molar-refractivity contribution in [2.75, 3.05) is 18.8 Å². The number of hydrogen-bond donors (Lipinski definition) is 2. The van der Waals surface area contributed by atoms with E-state index in [1.54, 1.807) is 12.3 Å². The molecule has 8 heteroatoms. The molecule has 5 nitrogen and oxygen atoms in total. The van der Waals surface area contributed by atoms with Crippen molar-refractivity contribution in [3.05, 3.63) is 59.8 Å². The molecule has 1 unspecified atom stereocenters. The summed E-state index contributed by atoms with van der Waals surface area (Å²) < 4.78 is 37.9. The lowest BCUT2D eigenvalue weighted by atomic mass is 9.95. The quantitative estimate of drug-likeness (QED) is 0.598. The number of likely N-dealkylation sites (tertiary alicyclic amines) is 1. The van der Waals surface area contributed by atoms with E-state index in [-0.39, 0.29) is 13.0 Å². The zero-order valence-corrected chi connectivity index (χ0v) is 17.2. The predicted octanol–water partition coefficient (Wildman–Crippen LogP) is 3.67. The minimum absolute atomic E-state index is 0.176. The van der Waals surface area contributed by atoms with Crippen molar-refractivity contribution >= 4 is 22.5 Å². The summed E-state index contributed by atoms with van der Waals surface area (Å²) in [4.78, 5) is 17.0. The molecule has 4 rings (SSSR count). The Morgan fingerprint density at radius 1 is 1.22 bits per heavy atom. The first-order valence-electron chi connectivity index (χ1n) is 9.93. The molecule has 3 N–H and O–H groups in total. The average Bonchev–Trinajstić information content (AvgIpc) is 3.01. The first-order valence-corrected chi connectivity index (χ1v) is 9.93. The highest BCUT2D eigenvalue weighted by molar-refractivity contribution is 5.94. The lowest BCUT2D eigenvalue weighted by Gasteiger charge is -2.19. The molecule has 1 aromatic heterocycles. The minimum Gasteiger partial charge on any atom is -0.383 e. The molecule has 1 aliphatic heterocycles. The molecule has 0 bridgehead atoms. The Hall–Kier alpha value is -3.57. The van der Waals surface area contributed by atoms with Gasteiger partial charge in [0, 0.05) is 30.1 Å². The standard InChI is InChI=1S/C24H20F3N3O2/c1-15-2-3-16(6-8-23(32)9-11-30(22(23)31)14-24(25,26)27)12-19(15)18-5-4-17-7-10-29-21(28)20(17)13-18/h2-5,7,10,12-13,32H,9,11,14H2,1H3,(H2,28,29). The molecule has 0 aliphatic carbocycles. The second-order valence-corrected chi connectivity index (χ2v) is 7.86. The Kier molecular flexibility index (Phi) is 5.31. The van der Waals surface area contributed by atoms with Crippen LogP contribution in [-0.4, -0.2) is 45.8 Å². The van der Waals surface area contributed by atoms with E-state index in [0.29, 0.717) is 16.3 Å². The van der Waals surface area contributed by atoms with E-state index in [4.69, 9.17) is 5.73 Å². The van der Waals surface area contributed by atoms with Crippen molar-refractivity contribution < 1.29 is 23.1 Å². The zero-order chi connectivity index (χ0) is 23.1. The number of rotatable bonds is 2. The van der Waals surface area contributed by atoms with Crippen molar-refractivity contribution in [3.63, 3.8) is 0 Å². The second-order valence-electron chi connectivity index (χ2n) is 7.86. The number of aryl methyl sites for hydroxylation is 1. The minimum atomic E-state index is -4.53. The molecule has 1 amide bonds. The third kappa shape index (κ3) is 4.25. The highest BCUT2D eigenvalue weighted by Gasteiger charge is 2.47. The first kappa shape index (κ1) is 21.7. The van der Waals surface area contributed by atoms with Gasteiger partial charge >= 0.3 is 6.18 Å². The molecule has 0 saturated carbocycles. The maximum absolute atomic E-state index is 12.6. The van der Waals surface area contributed by atoms with Gasteiger partial charge in [-0.25, -0.2) is 4.98 Å². The Bertz CT molecular complexity index is 1280. The number of aromatic nitrogens is 1. The number of carbonyl (C=O) groups excluding carboxylic acids is 1. The highest BCUT2D eigenvalue weighted by atomic mass is 19.4. The zero-order valence-electron chi connectivity index (χ0n) is 17.2. The number of halogens is 3. The number of amides is 1. The Morgan fingerprint density at radius 2 is 2.00 bits per heavy atom. The first-order chi connectivity index (χ1) is 15.1. The van der Waals surface area contributed by atoms with Gasteiger partial charge in [-0.1, -0.05) is 30.0 Å². The highest BCUT2D eigenvalue weighted by Crippen LogP contribution is 2.30. The van der Waals surface area contributed by atoms with Crippen molar-refractivity contribution in [2.24, 2.45) is 0 Å². The Labute approximate surface area is 182 Å². The van der Waals surface area contributed by atoms with E-state index in [1.165, 1.54) is 0 Å². The number of benzene rings is 2. The Morgan fingerprint density at radius 3 is 2.75 bits per heavy atom. The summed E-state index contributed by atoms with van der Waals surface area (Å²) in [6.07, 6.45) is -3.06. The summed E-state index contributed by atoms with van der Waals surface area (Å²) in [5, 5.41) is 12.3. The molecule has 1 aliphatic rings. The van der Waals surface area contributed by atoms with Gasteiger partial charge in [0.15, 0.2) is 0 Å². The van der Waals surface area contributed by atoms with E-state index in [2.05, 4.69) is 16.8 Å². The molecule has 0 spiro atoms. The summed E-state index contributed by atoms with van der Waals surface area (Å²) >= 11 is 0. The van der Waals surface area contributed by atoms with Crippen LogP contribution in [0.1, 0.15) is 17.5 Å². The number of fused-ring (bicyclic) bond motifs is 1. The second kappa shape index (κ2) is 7.84. The third-order valence-electron chi connectivity index (χ3n) is 5.51. The van der Waals surface area contributed by atoms with E-state index in [0.717, 1.165) is 27.5 Å². The molecule has 32 heavy (non-hydrogen) atoms. The predicted molar refractivity (Wildman–Crippen MR) is 115 cm³/mol. The summed E-state index contributed by atoms with van der Waals surface area (Å²) in [6, 6.07) is 13.1. The van der Waals surface area contributed by atoms with E-state index in [1.807, 2.05) is 43.3 Å². The normalized spacial score (nSPS) is 18.7. The number of hydrogen-bond acceptors (Lipinski definition) is 4. The van der Waals surface area contributed by atoms with E-state index >= 15 is 0 Å². The number of carbonyl (C=O) groups is 1. The maximum atomic E-state index is 12.6. The SMILES string of the molecule is Cc1ccc(C#CC2(O)CCN(CC(F)(F)F)C2=O)cc1-c1ccc2ccnc(N)c2c1. The third-order valence-corrected chi connectivity index (χ3v) is 5.51. The van der Waals surface area contributed by atoms with Gasteiger partial charge in [-0.15, -0.1) is 0 Å². The molecule has 0 radical (unpaired) electrons. The van der Waals surface area contributed by atoms with Gasteiger partial charge in [-0.05, 0) is 53.3 Å². The molecule has 1 atom stereocenters. The van der Waals surface area contributed by atoms with Crippen LogP contribution in [0.25, 0.3) is 21.9 Å². The number of anilines is 1. The molecular formula is C24H20F3N3O2. The van der Waals surface area contributed by atoms with Gasteiger partial charge in [0.1, 0.15) is 12.4 Å². The molecule has 2 aromatic carbocycles. The van der Waals surface area contributed by atoms with Crippen LogP contribution in [0.5, 0.6) is 0 Å². The number of alkyl halides is 3. The largest absolute Gasteiger partial charge is 0.406 e. The topological polar surface area (TPSA) is 79.5 Å². The average molecular weight is 439 g/mol. The fourth-order valence-corrected chi connectivity index (χ4v) is 3.79. The molecule has 2 heterocycles. The van der Waals surface area contributed by atoms with Crippen molar-refractivity contribution in [2.45, 2.75) is 25.1 Å². The van der Waals surface area contributed by atoms with Crippen molar-refractivity contribution in [1.82, 2.24) is 9.88 Å². The summed E-state index contributed by atoms with van der Waals surface area (Å²) in [7, 11) is 0. The van der Waals surface area contributed by atoms with Crippen LogP contribution in [0, 0.1) is 18.8 Å². The van der Waals surface area contributed by atoms with Crippen LogP contribution < -0.4 is 5.73 Å². The molecule has 1 saturated heterocycles. The van der Waals surface area contributed by atoms with E-state index < -0.39 is 24.2 Å². The smallest absolute Gasteiger partial charge is 0.383 e. The number of pyridine rings is 1. The number of nitrogens with two attached hydrogens (primary N) is 1. The van der Waals surface area contributed by atoms with Gasteiger partial charge < -0.3 is 15.7 Å². The van der Waals surface area contributed by atoms with Crippen molar-refractivity contribution in [1.29, 1.82) is 0 Å². The molecule has 3 aromatic rings. The molecular weight excluding hydrogens is 419 g/mol. The van der Waals surface area contributed by atoms with Gasteiger partial charge in [-0.3, -0.25) is 4.79 Å². The number of aliphatic hydroxyl groups is 1. The Balaban J connectivity index is 1.65. The van der Waals surface area contributed by atoms with Crippen LogP contribution in [0.4, 0.5) is 19.0 Å². The van der Waals surface area contributed by atoms with Gasteiger partial charge in [0.2, 0.25) is 5.60 Å². The molecule has 164 valence electrons. The van der Waals surface area contributed by atoms with Gasteiger partial charge in [0.05, 0.1) is 0 Å². The summed E-state index contributed by atoms with van der Waals surface area (Å²) in [5.74, 6) is 4.65. The van der Waals surface area contributed by atoms with E-state index in [9.17, 15) is 23.1 Å². The van der Waals surface area contributed by atoms with Crippen LogP contribution >= 0.6 is 0 Å². The number of nitrogens with zero attached hydrogens (tertiary/aromatic N) is 2. The van der Waals surface area contributed by atoms with Crippen LogP contribution in [0.15, 0.2) is 48.7 Å². The summed E-state index contributed by atoms with van der Waals surface area (Å²) in [5.41, 5.74) is 7.15. The lowest BCUT2D eigenvalue weighted by molar-refractivity contribution is -0.162. The summed E-state index contributed by atoms with van der Waals surface area (Å²) in [6.45, 7) is 0.339. The fourth-order valence-electron chi connectivity index (χ4n) is 3.79. The van der Waals surface area contributed by atoms with Gasteiger partial charge in [0.25, 0.3) is 5.91 Å². The van der Waals surface area contributed by atoms with Crippen LogP contribution in [0.2, 0.25) is 0 Å². The number of nitrogen functional groups attached to an aromatic ring is 1. The molecule has 1 fully saturated rings. The lowest BCUT2D eigenvalue weighted by Crippen LogP contribution is -2.42. The van der Waals surface area contributed by atoms with Gasteiger partial charge in [-0.2, -0.15) is 13.2 Å². The monoisotopic (exact) mass is 439 g/mol. The van der Waals surface area contributed by atoms with Crippen LogP contribution in [0.3, 0.4) is 0 Å².